The zero-order valence-corrected chi connectivity index (χ0v) is 16.2. The quantitative estimate of drug-likeness (QED) is 0.415. The molecule has 2 aromatic carbocycles. The third kappa shape index (κ3) is 2.17. The second-order valence-corrected chi connectivity index (χ2v) is 11.8. The Kier molecular flexibility index (Phi) is 3.59. The molecule has 2 aromatic heterocycles. The molecule has 0 radical (unpaired) electrons. The van der Waals surface area contributed by atoms with E-state index in [4.69, 9.17) is 0 Å². The Balaban J connectivity index is 1.98. The highest BCUT2D eigenvalue weighted by Gasteiger charge is 2.45. The Hall–Kier alpha value is -2.20. The number of hydrogen-bond acceptors (Lipinski definition) is 2. The Morgan fingerprint density at radius 1 is 0.520 bits per heavy atom. The van der Waals surface area contributed by atoms with E-state index in [1.54, 1.807) is 0 Å². The van der Waals surface area contributed by atoms with E-state index in [1.165, 1.54) is 30.5 Å². The van der Waals surface area contributed by atoms with Gasteiger partial charge in [-0.1, -0.05) is 72.8 Å². The Morgan fingerprint density at radius 2 is 0.960 bits per heavy atom. The lowest BCUT2D eigenvalue weighted by Crippen LogP contribution is -2.75. The van der Waals surface area contributed by atoms with E-state index in [0.29, 0.717) is 0 Å². The van der Waals surface area contributed by atoms with Crippen molar-refractivity contribution in [3.8, 4) is 0 Å². The molecule has 1 aliphatic rings. The molecule has 4 aromatic rings. The van der Waals surface area contributed by atoms with Gasteiger partial charge < -0.3 is 0 Å². The number of benzene rings is 2. The van der Waals surface area contributed by atoms with Crippen LogP contribution in [0.25, 0.3) is 12.2 Å². The Morgan fingerprint density at radius 3 is 1.40 bits per heavy atom. The Labute approximate surface area is 156 Å². The van der Waals surface area contributed by atoms with Crippen LogP contribution in [0.3, 0.4) is 0 Å². The van der Waals surface area contributed by atoms with Crippen LogP contribution in [-0.2, 0) is 0 Å². The lowest BCUT2D eigenvalue weighted by molar-refractivity contribution is 1.70. The van der Waals surface area contributed by atoms with E-state index in [2.05, 4.69) is 95.7 Å². The van der Waals surface area contributed by atoms with Crippen LogP contribution in [-0.4, -0.2) is 8.07 Å². The maximum absolute atomic E-state index is 2.36. The van der Waals surface area contributed by atoms with E-state index in [0.717, 1.165) is 0 Å². The molecule has 0 unspecified atom stereocenters. The molecule has 25 heavy (non-hydrogen) atoms. The number of fused-ring (bicyclic) bond motifs is 2. The lowest BCUT2D eigenvalue weighted by atomic mass is 10.4. The zero-order chi connectivity index (χ0) is 16.7. The van der Waals surface area contributed by atoms with E-state index >= 15 is 0 Å². The largest absolute Gasteiger partial charge is 0.182 e. The average molecular weight is 373 g/mol. The maximum atomic E-state index is 2.36. The normalized spacial score (nSPS) is 14.6. The van der Waals surface area contributed by atoms with E-state index in [-0.39, 0.29) is 0 Å². The molecule has 0 N–H and O–H groups in total. The molecule has 0 aliphatic carbocycles. The van der Waals surface area contributed by atoms with Gasteiger partial charge in [0.2, 0.25) is 0 Å². The van der Waals surface area contributed by atoms with Gasteiger partial charge in [0.1, 0.15) is 0 Å². The fraction of sp³-hybridized carbons (Fsp3) is 0. The first-order valence-electron chi connectivity index (χ1n) is 8.36. The summed E-state index contributed by atoms with van der Waals surface area (Å²) in [4.78, 5) is 2.81. The van der Waals surface area contributed by atoms with E-state index in [9.17, 15) is 0 Å². The van der Waals surface area contributed by atoms with Crippen molar-refractivity contribution in [3.63, 3.8) is 0 Å². The molecule has 1 aliphatic heterocycles. The van der Waals surface area contributed by atoms with Gasteiger partial charge in [-0.2, -0.15) is 0 Å². The van der Waals surface area contributed by atoms with E-state index in [1.807, 2.05) is 22.7 Å². The van der Waals surface area contributed by atoms with Gasteiger partial charge in [-0.15, -0.1) is 22.7 Å². The fourth-order valence-corrected chi connectivity index (χ4v) is 11.7. The summed E-state index contributed by atoms with van der Waals surface area (Å²) in [5.41, 5.74) is 0. The molecule has 0 amide bonds. The summed E-state index contributed by atoms with van der Waals surface area (Å²) in [7, 11) is -2.26. The van der Waals surface area contributed by atoms with Crippen molar-refractivity contribution in [2.24, 2.45) is 0 Å². The van der Waals surface area contributed by atoms with Gasteiger partial charge in [-0.25, -0.2) is 0 Å². The number of rotatable bonds is 2. The standard InChI is InChI=1S/C22H16S2Si/c1-3-7-17(8-4-1)25(18-9-5-2-6-10-18)21-13-15-23-19(21)11-12-20-22(25)14-16-24-20/h1-16H. The van der Waals surface area contributed by atoms with Crippen LogP contribution in [0.1, 0.15) is 9.75 Å². The van der Waals surface area contributed by atoms with Gasteiger partial charge in [-0.05, 0) is 43.7 Å². The highest BCUT2D eigenvalue weighted by molar-refractivity contribution is 7.26. The molecular formula is C22H16S2Si. The van der Waals surface area contributed by atoms with Crippen molar-refractivity contribution < 1.29 is 0 Å². The fourth-order valence-electron chi connectivity index (χ4n) is 3.98. The van der Waals surface area contributed by atoms with Crippen LogP contribution in [0.4, 0.5) is 0 Å². The Bertz CT molecular complexity index is 956. The van der Waals surface area contributed by atoms with Gasteiger partial charge in [0.25, 0.3) is 0 Å². The highest BCUT2D eigenvalue weighted by Crippen LogP contribution is 2.25. The predicted octanol–water partition coefficient (Wildman–Crippen LogP) is 3.67. The van der Waals surface area contributed by atoms with Crippen LogP contribution in [0, 0.1) is 0 Å². The van der Waals surface area contributed by atoms with Crippen molar-refractivity contribution in [1.82, 2.24) is 0 Å². The van der Waals surface area contributed by atoms with E-state index < -0.39 is 8.07 Å². The van der Waals surface area contributed by atoms with Gasteiger partial charge in [0.15, 0.2) is 8.07 Å². The summed E-state index contributed by atoms with van der Waals surface area (Å²) >= 11 is 3.71. The molecule has 0 saturated carbocycles. The van der Waals surface area contributed by atoms with Gasteiger partial charge >= 0.3 is 0 Å². The van der Waals surface area contributed by atoms with Gasteiger partial charge in [0.05, 0.1) is 0 Å². The zero-order valence-electron chi connectivity index (χ0n) is 13.6. The summed E-state index contributed by atoms with van der Waals surface area (Å²) in [5, 5.41) is 10.5. The molecule has 5 rings (SSSR count). The monoisotopic (exact) mass is 372 g/mol. The summed E-state index contributed by atoms with van der Waals surface area (Å²) < 4.78 is 0. The van der Waals surface area contributed by atoms with Crippen LogP contribution in [0.2, 0.25) is 0 Å². The van der Waals surface area contributed by atoms with Gasteiger partial charge in [-0.3, -0.25) is 0 Å². The number of hydrogen-bond donors (Lipinski definition) is 0. The minimum atomic E-state index is -2.26. The summed E-state index contributed by atoms with van der Waals surface area (Å²) in [6.07, 6.45) is 4.63. The first-order chi connectivity index (χ1) is 12.4. The molecule has 120 valence electrons. The summed E-state index contributed by atoms with van der Waals surface area (Å²) in [6, 6.07) is 27.0. The highest BCUT2D eigenvalue weighted by atomic mass is 32.1. The molecule has 0 saturated heterocycles. The smallest absolute Gasteiger partial charge is 0.145 e. The van der Waals surface area contributed by atoms with Crippen LogP contribution >= 0.6 is 22.7 Å². The summed E-state index contributed by atoms with van der Waals surface area (Å²) in [5.74, 6) is 0. The lowest BCUT2D eigenvalue weighted by Gasteiger charge is -2.33. The first-order valence-corrected chi connectivity index (χ1v) is 12.1. The van der Waals surface area contributed by atoms with Crippen LogP contribution in [0.5, 0.6) is 0 Å². The van der Waals surface area contributed by atoms with Crippen LogP contribution < -0.4 is 20.7 Å². The molecule has 3 heteroatoms. The average Bonchev–Trinajstić information content (AvgIpc) is 3.31. The van der Waals surface area contributed by atoms with Crippen molar-refractivity contribution >= 4 is 63.6 Å². The molecule has 0 bridgehead atoms. The molecule has 0 atom stereocenters. The van der Waals surface area contributed by atoms with Gasteiger partial charge in [0, 0.05) is 9.75 Å². The van der Waals surface area contributed by atoms with Crippen molar-refractivity contribution in [2.75, 3.05) is 0 Å². The molecule has 0 nitrogen and oxygen atoms in total. The second-order valence-electron chi connectivity index (χ2n) is 6.21. The number of thiophene rings is 2. The first kappa shape index (κ1) is 15.1. The predicted molar refractivity (Wildman–Crippen MR) is 115 cm³/mol. The summed E-state index contributed by atoms with van der Waals surface area (Å²) in [6.45, 7) is 0. The van der Waals surface area contributed by atoms with Crippen molar-refractivity contribution in [1.29, 1.82) is 0 Å². The van der Waals surface area contributed by atoms with Crippen LogP contribution in [0.15, 0.2) is 83.6 Å². The third-order valence-electron chi connectivity index (χ3n) is 5.00. The third-order valence-corrected chi connectivity index (χ3v) is 12.0. The second kappa shape index (κ2) is 5.95. The molecule has 0 spiro atoms. The topological polar surface area (TPSA) is 0 Å². The van der Waals surface area contributed by atoms with Crippen molar-refractivity contribution in [2.45, 2.75) is 0 Å². The maximum Gasteiger partial charge on any atom is 0.182 e. The molecule has 0 fully saturated rings. The minimum absolute atomic E-state index is 1.41. The van der Waals surface area contributed by atoms with Crippen molar-refractivity contribution in [3.05, 3.63) is 93.3 Å². The SMILES string of the molecule is C1=Cc2sccc2[Si](c2ccccc2)(c2ccccc2)c2ccsc21. The molecule has 3 heterocycles. The molecular weight excluding hydrogens is 356 g/mol. The minimum Gasteiger partial charge on any atom is -0.145 e.